The fourth-order valence-electron chi connectivity index (χ4n) is 3.10. The number of anilines is 1. The third-order valence-electron chi connectivity index (χ3n) is 4.71. The predicted octanol–water partition coefficient (Wildman–Crippen LogP) is 4.36. The maximum absolute atomic E-state index is 5.64. The van der Waals surface area contributed by atoms with Crippen LogP contribution in [0, 0.1) is 5.41 Å². The highest BCUT2D eigenvalue weighted by molar-refractivity contribution is 9.10. The molecule has 0 spiro atoms. The third kappa shape index (κ3) is 3.76. The first-order chi connectivity index (χ1) is 9.43. The van der Waals surface area contributed by atoms with Gasteiger partial charge in [-0.05, 0) is 61.8 Å². The molecule has 112 valence electrons. The number of benzene rings is 1. The summed E-state index contributed by atoms with van der Waals surface area (Å²) in [4.78, 5) is 2.45. The first-order valence-corrected chi connectivity index (χ1v) is 8.43. The van der Waals surface area contributed by atoms with E-state index in [1.54, 1.807) is 0 Å². The molecule has 1 aromatic carbocycles. The van der Waals surface area contributed by atoms with Gasteiger partial charge in [0.05, 0.1) is 0 Å². The molecule has 20 heavy (non-hydrogen) atoms. The Morgan fingerprint density at radius 1 is 1.30 bits per heavy atom. The van der Waals surface area contributed by atoms with Crippen LogP contribution in [0.4, 0.5) is 5.69 Å². The van der Waals surface area contributed by atoms with Crippen LogP contribution in [0.25, 0.3) is 0 Å². The lowest BCUT2D eigenvalue weighted by Gasteiger charge is -2.39. The van der Waals surface area contributed by atoms with E-state index in [9.17, 15) is 0 Å². The van der Waals surface area contributed by atoms with Crippen molar-refractivity contribution in [2.24, 2.45) is 11.1 Å². The Morgan fingerprint density at radius 3 is 2.50 bits per heavy atom. The Hall–Kier alpha value is -0.540. The van der Waals surface area contributed by atoms with Gasteiger partial charge in [-0.25, -0.2) is 0 Å². The molecule has 2 nitrogen and oxygen atoms in total. The topological polar surface area (TPSA) is 29.3 Å². The van der Waals surface area contributed by atoms with E-state index in [1.807, 2.05) is 0 Å². The number of nitrogens with zero attached hydrogens (tertiary/aromatic N) is 1. The molecule has 1 fully saturated rings. The van der Waals surface area contributed by atoms with Crippen molar-refractivity contribution in [1.29, 1.82) is 0 Å². The summed E-state index contributed by atoms with van der Waals surface area (Å²) in [6.45, 7) is 5.48. The molecule has 0 unspecified atom stereocenters. The van der Waals surface area contributed by atoms with Crippen LogP contribution < -0.4 is 10.6 Å². The fraction of sp³-hybridized carbons (Fsp3) is 0.647. The molecule has 0 bridgehead atoms. The second-order valence-electron chi connectivity index (χ2n) is 6.82. The zero-order valence-electron chi connectivity index (χ0n) is 13.0. The highest BCUT2D eigenvalue weighted by Crippen LogP contribution is 2.38. The van der Waals surface area contributed by atoms with Crippen molar-refractivity contribution in [3.05, 3.63) is 28.2 Å². The second-order valence-corrected chi connectivity index (χ2v) is 7.68. The van der Waals surface area contributed by atoms with Crippen molar-refractivity contribution in [2.75, 3.05) is 18.5 Å². The van der Waals surface area contributed by atoms with Crippen LogP contribution in [0.1, 0.15) is 45.1 Å². The van der Waals surface area contributed by atoms with Crippen LogP contribution in [0.5, 0.6) is 0 Å². The van der Waals surface area contributed by atoms with Crippen molar-refractivity contribution in [2.45, 2.75) is 52.0 Å². The van der Waals surface area contributed by atoms with Gasteiger partial charge in [0.25, 0.3) is 0 Å². The number of hydrogen-bond acceptors (Lipinski definition) is 2. The average Bonchev–Trinajstić information content (AvgIpc) is 2.40. The molecule has 0 saturated heterocycles. The molecular weight excluding hydrogens is 312 g/mol. The summed E-state index contributed by atoms with van der Waals surface area (Å²) in [6, 6.07) is 7.35. The van der Waals surface area contributed by atoms with Crippen molar-refractivity contribution in [1.82, 2.24) is 0 Å². The molecule has 0 aromatic heterocycles. The van der Waals surface area contributed by atoms with Gasteiger partial charge in [0.1, 0.15) is 0 Å². The molecule has 3 heteroatoms. The highest BCUT2D eigenvalue weighted by Gasteiger charge is 2.28. The van der Waals surface area contributed by atoms with E-state index in [4.69, 9.17) is 5.73 Å². The fourth-order valence-corrected chi connectivity index (χ4v) is 3.66. The minimum atomic E-state index is 0.531. The normalized spacial score (nSPS) is 19.1. The first-order valence-electron chi connectivity index (χ1n) is 7.64. The Bertz CT molecular complexity index is 446. The number of hydrogen-bond donors (Lipinski definition) is 1. The zero-order valence-corrected chi connectivity index (χ0v) is 14.5. The number of halogens is 1. The summed E-state index contributed by atoms with van der Waals surface area (Å²) >= 11 is 3.68. The summed E-state index contributed by atoms with van der Waals surface area (Å²) < 4.78 is 1.18. The summed E-state index contributed by atoms with van der Waals surface area (Å²) in [6.07, 6.45) is 6.18. The monoisotopic (exact) mass is 338 g/mol. The van der Waals surface area contributed by atoms with E-state index in [0.29, 0.717) is 18.0 Å². The lowest BCUT2D eigenvalue weighted by molar-refractivity contribution is 0.222. The van der Waals surface area contributed by atoms with Gasteiger partial charge >= 0.3 is 0 Å². The lowest BCUT2D eigenvalue weighted by Crippen LogP contribution is -2.37. The summed E-state index contributed by atoms with van der Waals surface area (Å²) in [5.41, 5.74) is 8.78. The molecule has 0 atom stereocenters. The Labute approximate surface area is 131 Å². The predicted molar refractivity (Wildman–Crippen MR) is 91.3 cm³/mol. The van der Waals surface area contributed by atoms with Crippen molar-refractivity contribution < 1.29 is 0 Å². The van der Waals surface area contributed by atoms with Gasteiger partial charge in [0, 0.05) is 23.2 Å². The summed E-state index contributed by atoms with van der Waals surface area (Å²) in [5.74, 6) is 0. The third-order valence-corrected chi connectivity index (χ3v) is 5.45. The van der Waals surface area contributed by atoms with Crippen LogP contribution in [0.15, 0.2) is 22.7 Å². The molecule has 0 radical (unpaired) electrons. The van der Waals surface area contributed by atoms with Crippen LogP contribution >= 0.6 is 15.9 Å². The zero-order chi connectivity index (χ0) is 14.8. The molecular formula is C17H27BrN2. The molecule has 0 heterocycles. The molecule has 2 rings (SSSR count). The minimum absolute atomic E-state index is 0.531. The van der Waals surface area contributed by atoms with E-state index >= 15 is 0 Å². The first kappa shape index (κ1) is 15.8. The van der Waals surface area contributed by atoms with Gasteiger partial charge in [-0.15, -0.1) is 0 Å². The largest absolute Gasteiger partial charge is 0.372 e. The van der Waals surface area contributed by atoms with E-state index in [0.717, 1.165) is 6.42 Å². The maximum atomic E-state index is 5.64. The lowest BCUT2D eigenvalue weighted by atomic mass is 9.75. The van der Waals surface area contributed by atoms with Crippen molar-refractivity contribution in [3.63, 3.8) is 0 Å². The van der Waals surface area contributed by atoms with E-state index < -0.39 is 0 Å². The van der Waals surface area contributed by atoms with Crippen molar-refractivity contribution >= 4 is 21.6 Å². The van der Waals surface area contributed by atoms with Gasteiger partial charge in [0.2, 0.25) is 0 Å². The molecule has 2 N–H and O–H groups in total. The summed E-state index contributed by atoms with van der Waals surface area (Å²) in [5, 5.41) is 0. The van der Waals surface area contributed by atoms with E-state index in [-0.39, 0.29) is 0 Å². The molecule has 1 saturated carbocycles. The molecule has 1 aromatic rings. The Kier molecular flexibility index (Phi) is 5.14. The SMILES string of the molecule is CN(c1ccc(CCN)c(Br)c1)C1CCC(C)(C)CC1. The van der Waals surface area contributed by atoms with Crippen LogP contribution in [0.2, 0.25) is 0 Å². The molecule has 0 amide bonds. The van der Waals surface area contributed by atoms with Crippen LogP contribution in [0.3, 0.4) is 0 Å². The Balaban J connectivity index is 2.06. The number of nitrogens with two attached hydrogens (primary N) is 1. The molecule has 0 aliphatic heterocycles. The van der Waals surface area contributed by atoms with Gasteiger partial charge in [0.15, 0.2) is 0 Å². The van der Waals surface area contributed by atoms with Crippen molar-refractivity contribution in [3.8, 4) is 0 Å². The van der Waals surface area contributed by atoms with Crippen LogP contribution in [-0.2, 0) is 6.42 Å². The smallest absolute Gasteiger partial charge is 0.0377 e. The van der Waals surface area contributed by atoms with Gasteiger partial charge in [-0.2, -0.15) is 0 Å². The quantitative estimate of drug-likeness (QED) is 0.883. The summed E-state index contributed by atoms with van der Waals surface area (Å²) in [7, 11) is 2.23. The Morgan fingerprint density at radius 2 is 1.95 bits per heavy atom. The maximum Gasteiger partial charge on any atom is 0.0377 e. The minimum Gasteiger partial charge on any atom is -0.372 e. The number of rotatable bonds is 4. The standard InChI is InChI=1S/C17H27BrN2/c1-17(2)9-6-14(7-10-17)20(3)15-5-4-13(8-11-19)16(18)12-15/h4-5,12,14H,6-11,19H2,1-3H3. The second kappa shape index (κ2) is 6.48. The highest BCUT2D eigenvalue weighted by atomic mass is 79.9. The van der Waals surface area contributed by atoms with Gasteiger partial charge in [-0.3, -0.25) is 0 Å². The van der Waals surface area contributed by atoms with Gasteiger partial charge < -0.3 is 10.6 Å². The van der Waals surface area contributed by atoms with E-state index in [1.165, 1.54) is 41.4 Å². The van der Waals surface area contributed by atoms with Crippen LogP contribution in [-0.4, -0.2) is 19.6 Å². The average molecular weight is 339 g/mol. The van der Waals surface area contributed by atoms with E-state index in [2.05, 4.69) is 59.9 Å². The van der Waals surface area contributed by atoms with Gasteiger partial charge in [-0.1, -0.05) is 35.8 Å². The molecule has 1 aliphatic rings. The molecule has 1 aliphatic carbocycles.